The van der Waals surface area contributed by atoms with Crippen LogP contribution in [0.1, 0.15) is 23.7 Å². The van der Waals surface area contributed by atoms with E-state index in [9.17, 15) is 10.2 Å². The zero-order valence-corrected chi connectivity index (χ0v) is 17.4. The summed E-state index contributed by atoms with van der Waals surface area (Å²) in [5.41, 5.74) is 4.92. The molecule has 0 aliphatic heterocycles. The Morgan fingerprint density at radius 1 is 1.18 bits per heavy atom. The van der Waals surface area contributed by atoms with Gasteiger partial charge < -0.3 is 20.1 Å². The third kappa shape index (κ3) is 3.31. The first-order valence-electron chi connectivity index (χ1n) is 9.10. The number of rotatable bonds is 4. The lowest BCUT2D eigenvalue weighted by Gasteiger charge is -2.28. The highest BCUT2D eigenvalue weighted by Gasteiger charge is 2.21. The second kappa shape index (κ2) is 7.56. The maximum absolute atomic E-state index is 10.4. The van der Waals surface area contributed by atoms with Gasteiger partial charge in [0.05, 0.1) is 5.70 Å². The van der Waals surface area contributed by atoms with E-state index in [0.29, 0.717) is 22.8 Å². The quantitative estimate of drug-likeness (QED) is 0.570. The molecule has 0 radical (unpaired) electrons. The molecule has 0 bridgehead atoms. The number of anilines is 1. The Morgan fingerprint density at radius 2 is 1.89 bits per heavy atom. The smallest absolute Gasteiger partial charge is 0.177 e. The molecule has 3 aromatic rings. The summed E-state index contributed by atoms with van der Waals surface area (Å²) < 4.78 is 2.13. The Hall–Kier alpha value is -2.99. The van der Waals surface area contributed by atoms with Gasteiger partial charge in [0.1, 0.15) is 11.5 Å². The number of benzene rings is 2. The van der Waals surface area contributed by atoms with Gasteiger partial charge in [0, 0.05) is 48.0 Å². The van der Waals surface area contributed by atoms with Crippen LogP contribution in [0.5, 0.6) is 11.5 Å². The van der Waals surface area contributed by atoms with E-state index in [2.05, 4.69) is 35.5 Å². The van der Waals surface area contributed by atoms with E-state index in [1.807, 2.05) is 26.1 Å². The molecule has 0 amide bonds. The molecule has 1 heterocycles. The van der Waals surface area contributed by atoms with Gasteiger partial charge in [-0.3, -0.25) is 4.90 Å². The van der Waals surface area contributed by atoms with Gasteiger partial charge in [0.25, 0.3) is 0 Å². The summed E-state index contributed by atoms with van der Waals surface area (Å²) in [5.74, 6) is 0.0284. The number of nitrogens with one attached hydrogen (secondary N) is 1. The van der Waals surface area contributed by atoms with Crippen molar-refractivity contribution in [3.8, 4) is 11.5 Å². The summed E-state index contributed by atoms with van der Waals surface area (Å²) >= 11 is 5.54. The number of phenolic OH excluding ortho intramolecular Hbond substituents is 2. The number of phenols is 2. The number of aryl methyl sites for hydroxylation is 3. The highest BCUT2D eigenvalue weighted by Crippen LogP contribution is 2.36. The van der Waals surface area contributed by atoms with E-state index in [4.69, 9.17) is 12.2 Å². The maximum atomic E-state index is 10.4. The number of thiocarbonyl (C=S) groups is 1. The van der Waals surface area contributed by atoms with Crippen LogP contribution in [0.25, 0.3) is 16.6 Å². The van der Waals surface area contributed by atoms with Crippen molar-refractivity contribution in [3.05, 3.63) is 59.8 Å². The van der Waals surface area contributed by atoms with E-state index in [-0.39, 0.29) is 11.5 Å². The molecule has 28 heavy (non-hydrogen) atoms. The minimum Gasteiger partial charge on any atom is -0.508 e. The van der Waals surface area contributed by atoms with Gasteiger partial charge in [0.15, 0.2) is 5.11 Å². The second-order valence-corrected chi connectivity index (χ2v) is 7.16. The molecule has 3 N–H and O–H groups in total. The van der Waals surface area contributed by atoms with E-state index < -0.39 is 0 Å². The van der Waals surface area contributed by atoms with Gasteiger partial charge in [-0.25, -0.2) is 0 Å². The Morgan fingerprint density at radius 3 is 2.54 bits per heavy atom. The van der Waals surface area contributed by atoms with E-state index >= 15 is 0 Å². The van der Waals surface area contributed by atoms with Crippen molar-refractivity contribution >= 4 is 39.6 Å². The molecule has 0 saturated heterocycles. The predicted molar refractivity (Wildman–Crippen MR) is 120 cm³/mol. The van der Waals surface area contributed by atoms with Crippen molar-refractivity contribution in [2.45, 2.75) is 20.3 Å². The van der Waals surface area contributed by atoms with Crippen LogP contribution in [0.15, 0.2) is 43.0 Å². The Labute approximate surface area is 170 Å². The zero-order valence-electron chi connectivity index (χ0n) is 16.6. The molecule has 1 aromatic heterocycles. The molecule has 0 fully saturated rings. The summed E-state index contributed by atoms with van der Waals surface area (Å²) in [5, 5.41) is 25.0. The van der Waals surface area contributed by atoms with Gasteiger partial charge in [0.2, 0.25) is 0 Å². The fraction of sp³-hybridized carbons (Fsp3) is 0.227. The second-order valence-electron chi connectivity index (χ2n) is 6.78. The lowest BCUT2D eigenvalue weighted by Crippen LogP contribution is -2.36. The van der Waals surface area contributed by atoms with Crippen molar-refractivity contribution in [1.29, 1.82) is 0 Å². The van der Waals surface area contributed by atoms with Crippen molar-refractivity contribution in [1.82, 2.24) is 9.88 Å². The van der Waals surface area contributed by atoms with Crippen LogP contribution < -0.4 is 10.2 Å². The molecule has 3 rings (SSSR count). The summed E-state index contributed by atoms with van der Waals surface area (Å²) in [7, 11) is 3.79. The van der Waals surface area contributed by atoms with Crippen molar-refractivity contribution in [3.63, 3.8) is 0 Å². The third-order valence-corrected chi connectivity index (χ3v) is 5.49. The number of hydrogen-bond donors (Lipinski definition) is 3. The third-order valence-electron chi connectivity index (χ3n) is 5.10. The zero-order chi connectivity index (χ0) is 20.6. The minimum atomic E-state index is -0.0414. The average Bonchev–Trinajstić information content (AvgIpc) is 2.95. The van der Waals surface area contributed by atoms with Crippen molar-refractivity contribution in [2.24, 2.45) is 7.05 Å². The maximum Gasteiger partial charge on any atom is 0.177 e. The summed E-state index contributed by atoms with van der Waals surface area (Å²) in [4.78, 5) is 1.79. The first kappa shape index (κ1) is 19.8. The molecule has 0 spiro atoms. The van der Waals surface area contributed by atoms with Crippen molar-refractivity contribution < 1.29 is 10.2 Å². The van der Waals surface area contributed by atoms with E-state index in [1.54, 1.807) is 18.0 Å². The van der Waals surface area contributed by atoms with Crippen LogP contribution >= 0.6 is 12.2 Å². The van der Waals surface area contributed by atoms with Gasteiger partial charge >= 0.3 is 0 Å². The van der Waals surface area contributed by atoms with E-state index in [0.717, 1.165) is 27.8 Å². The molecule has 2 aromatic carbocycles. The van der Waals surface area contributed by atoms with Crippen LogP contribution in [0.4, 0.5) is 5.69 Å². The van der Waals surface area contributed by atoms with Crippen LogP contribution in [0.2, 0.25) is 0 Å². The Kier molecular flexibility index (Phi) is 5.34. The summed E-state index contributed by atoms with van der Waals surface area (Å²) in [6, 6.07) is 11.3. The molecule has 0 saturated carbocycles. The van der Waals surface area contributed by atoms with Crippen LogP contribution in [-0.4, -0.2) is 26.9 Å². The molecule has 146 valence electrons. The van der Waals surface area contributed by atoms with Crippen molar-refractivity contribution in [2.75, 3.05) is 11.9 Å². The van der Waals surface area contributed by atoms with Crippen LogP contribution in [0.3, 0.4) is 0 Å². The number of hydrogen-bond acceptors (Lipinski definition) is 3. The summed E-state index contributed by atoms with van der Waals surface area (Å²) in [6.07, 6.45) is 0.637. The molecule has 0 atom stereocenters. The molecule has 0 aliphatic carbocycles. The molecule has 6 heteroatoms. The number of aromatic hydroxyl groups is 2. The lowest BCUT2D eigenvalue weighted by atomic mass is 10.0. The highest BCUT2D eigenvalue weighted by molar-refractivity contribution is 7.80. The number of aromatic nitrogens is 1. The monoisotopic (exact) mass is 395 g/mol. The highest BCUT2D eigenvalue weighted by atomic mass is 32.1. The molecule has 0 aliphatic rings. The average molecular weight is 396 g/mol. The van der Waals surface area contributed by atoms with Gasteiger partial charge in [-0.15, -0.1) is 0 Å². The molecular formula is C22H25N3O2S. The number of fused-ring (bicyclic) bond motifs is 1. The van der Waals surface area contributed by atoms with Gasteiger partial charge in [-0.2, -0.15) is 0 Å². The number of nitrogens with zero attached hydrogens (tertiary/aromatic N) is 2. The van der Waals surface area contributed by atoms with Crippen LogP contribution in [0, 0.1) is 6.92 Å². The SMILES string of the molecule is C=C(c1cc(CC)c(O)cc1O)N(C(=S)NC)c1ccc2c(c1)cc(C)n2C. The Balaban J connectivity index is 2.13. The normalized spacial score (nSPS) is 10.9. The molecule has 5 nitrogen and oxygen atoms in total. The fourth-order valence-corrected chi connectivity index (χ4v) is 3.59. The molecule has 0 unspecified atom stereocenters. The largest absolute Gasteiger partial charge is 0.508 e. The predicted octanol–water partition coefficient (Wildman–Crippen LogP) is 4.44. The molecular weight excluding hydrogens is 370 g/mol. The van der Waals surface area contributed by atoms with Gasteiger partial charge in [-0.05, 0) is 61.5 Å². The first-order chi connectivity index (χ1) is 13.3. The fourth-order valence-electron chi connectivity index (χ4n) is 3.38. The first-order valence-corrected chi connectivity index (χ1v) is 9.51. The lowest BCUT2D eigenvalue weighted by molar-refractivity contribution is 0.445. The minimum absolute atomic E-state index is 0.0414. The standard InChI is InChI=1S/C22H25N3O2S/c1-6-15-11-18(21(27)12-20(15)26)14(3)25(22(28)23-4)17-7-8-19-16(10-17)9-13(2)24(19)5/h7-12,26-27H,3,6H2,1-2,4-5H3,(H,23,28). The van der Waals surface area contributed by atoms with Gasteiger partial charge in [-0.1, -0.05) is 13.5 Å². The van der Waals surface area contributed by atoms with Crippen LogP contribution in [-0.2, 0) is 13.5 Å². The van der Waals surface area contributed by atoms with E-state index in [1.165, 1.54) is 6.07 Å². The Bertz CT molecular complexity index is 1090. The topological polar surface area (TPSA) is 60.7 Å². The summed E-state index contributed by atoms with van der Waals surface area (Å²) in [6.45, 7) is 8.20.